The Labute approximate surface area is 113 Å². The van der Waals surface area contributed by atoms with E-state index in [0.29, 0.717) is 6.54 Å². The molecular weight excluding hydrogens is 240 g/mol. The number of Topliss-reactive ketones (excluding diaryl/α,β-unsaturated/α-hetero) is 1. The highest BCUT2D eigenvalue weighted by Crippen LogP contribution is 2.06. The summed E-state index contributed by atoms with van der Waals surface area (Å²) in [5, 5.41) is 12.4. The zero-order valence-electron chi connectivity index (χ0n) is 11.1. The van der Waals surface area contributed by atoms with Crippen molar-refractivity contribution in [2.24, 2.45) is 0 Å². The predicted octanol–water partition coefficient (Wildman–Crippen LogP) is 0.815. The summed E-state index contributed by atoms with van der Waals surface area (Å²) < 4.78 is 0. The summed E-state index contributed by atoms with van der Waals surface area (Å²) in [6.45, 7) is 3.64. The molecule has 0 aliphatic carbocycles. The number of piperazine rings is 1. The summed E-state index contributed by atoms with van der Waals surface area (Å²) in [5.74, 6) is 0.155. The van der Waals surface area contributed by atoms with Gasteiger partial charge in [-0.15, -0.1) is 0 Å². The molecule has 0 unspecified atom stereocenters. The lowest BCUT2D eigenvalue weighted by Gasteiger charge is -2.36. The second kappa shape index (κ2) is 6.32. The van der Waals surface area contributed by atoms with Gasteiger partial charge in [0, 0.05) is 38.8 Å². The molecule has 0 atom stereocenters. The van der Waals surface area contributed by atoms with E-state index in [2.05, 4.69) is 11.1 Å². The van der Waals surface area contributed by atoms with Gasteiger partial charge in [0.1, 0.15) is 0 Å². The Morgan fingerprint density at radius 2 is 1.89 bits per heavy atom. The summed E-state index contributed by atoms with van der Waals surface area (Å²) in [7, 11) is 1.75. The second-order valence-corrected chi connectivity index (χ2v) is 4.64. The molecule has 1 aliphatic heterocycles. The van der Waals surface area contributed by atoms with Crippen LogP contribution in [0.3, 0.4) is 0 Å². The van der Waals surface area contributed by atoms with E-state index in [1.165, 1.54) is 0 Å². The maximum Gasteiger partial charge on any atom is 0.195 e. The van der Waals surface area contributed by atoms with E-state index in [0.717, 1.165) is 31.7 Å². The van der Waals surface area contributed by atoms with Gasteiger partial charge >= 0.3 is 0 Å². The summed E-state index contributed by atoms with van der Waals surface area (Å²) in [4.78, 5) is 14.2. The standard InChI is InChI=1S/C14H18N4O/c1-16(12-15)18-9-7-17(8-10-18)11-14(19)13-5-3-2-4-6-13/h2-6H,7-11H2,1H3. The minimum atomic E-state index is 0.155. The van der Waals surface area contributed by atoms with Gasteiger partial charge in [0.05, 0.1) is 6.54 Å². The van der Waals surface area contributed by atoms with Gasteiger partial charge in [-0.1, -0.05) is 30.3 Å². The van der Waals surface area contributed by atoms with Gasteiger partial charge in [0.15, 0.2) is 12.0 Å². The molecule has 19 heavy (non-hydrogen) atoms. The van der Waals surface area contributed by atoms with Crippen molar-refractivity contribution < 1.29 is 4.79 Å². The fraction of sp³-hybridized carbons (Fsp3) is 0.429. The molecule has 5 nitrogen and oxygen atoms in total. The first-order valence-electron chi connectivity index (χ1n) is 6.39. The minimum Gasteiger partial charge on any atom is -0.293 e. The third-order valence-electron chi connectivity index (χ3n) is 3.38. The first kappa shape index (κ1) is 13.5. The molecule has 5 heteroatoms. The van der Waals surface area contributed by atoms with E-state index in [1.807, 2.05) is 35.3 Å². The Morgan fingerprint density at radius 1 is 1.26 bits per heavy atom. The lowest BCUT2D eigenvalue weighted by Crippen LogP contribution is -2.52. The van der Waals surface area contributed by atoms with E-state index < -0.39 is 0 Å². The Kier molecular flexibility index (Phi) is 4.50. The van der Waals surface area contributed by atoms with Crippen molar-refractivity contribution in [1.29, 1.82) is 5.26 Å². The third kappa shape index (κ3) is 3.53. The molecule has 1 aromatic carbocycles. The first-order chi connectivity index (χ1) is 9.20. The number of ketones is 1. The maximum absolute atomic E-state index is 12.1. The number of hydrogen-bond acceptors (Lipinski definition) is 5. The lowest BCUT2D eigenvalue weighted by atomic mass is 10.1. The monoisotopic (exact) mass is 258 g/mol. The van der Waals surface area contributed by atoms with Crippen LogP contribution in [0.4, 0.5) is 0 Å². The number of nitriles is 1. The van der Waals surface area contributed by atoms with Crippen molar-refractivity contribution in [2.45, 2.75) is 0 Å². The molecule has 1 heterocycles. The Morgan fingerprint density at radius 3 is 2.47 bits per heavy atom. The quantitative estimate of drug-likeness (QED) is 0.454. The number of benzene rings is 1. The highest BCUT2D eigenvalue weighted by Gasteiger charge is 2.21. The zero-order valence-corrected chi connectivity index (χ0v) is 11.1. The van der Waals surface area contributed by atoms with E-state index in [1.54, 1.807) is 12.1 Å². The predicted molar refractivity (Wildman–Crippen MR) is 72.2 cm³/mol. The molecule has 1 aliphatic rings. The third-order valence-corrected chi connectivity index (χ3v) is 3.38. The van der Waals surface area contributed by atoms with Crippen LogP contribution >= 0.6 is 0 Å². The summed E-state index contributed by atoms with van der Waals surface area (Å²) in [6, 6.07) is 9.37. The Bertz CT molecular complexity index is 460. The van der Waals surface area contributed by atoms with Crippen LogP contribution in [0.15, 0.2) is 30.3 Å². The molecule has 0 N–H and O–H groups in total. The molecule has 0 spiro atoms. The largest absolute Gasteiger partial charge is 0.293 e. The SMILES string of the molecule is CN(C#N)N1CCN(CC(=O)c2ccccc2)CC1. The minimum absolute atomic E-state index is 0.155. The van der Waals surface area contributed by atoms with Crippen LogP contribution in [-0.4, -0.2) is 60.5 Å². The fourth-order valence-electron chi connectivity index (χ4n) is 2.18. The second-order valence-electron chi connectivity index (χ2n) is 4.64. The van der Waals surface area contributed by atoms with Gasteiger partial charge in [-0.05, 0) is 0 Å². The Balaban J connectivity index is 1.83. The first-order valence-corrected chi connectivity index (χ1v) is 6.39. The molecule has 1 aromatic rings. The number of carbonyl (C=O) groups is 1. The summed E-state index contributed by atoms with van der Waals surface area (Å²) >= 11 is 0. The number of carbonyl (C=O) groups excluding carboxylic acids is 1. The molecular formula is C14H18N4O. The molecule has 0 aromatic heterocycles. The number of nitrogens with zero attached hydrogens (tertiary/aromatic N) is 4. The van der Waals surface area contributed by atoms with E-state index in [9.17, 15) is 4.79 Å². The highest BCUT2D eigenvalue weighted by molar-refractivity contribution is 5.97. The van der Waals surface area contributed by atoms with Gasteiger partial charge in [0.2, 0.25) is 0 Å². The summed E-state index contributed by atoms with van der Waals surface area (Å²) in [5.41, 5.74) is 0.763. The highest BCUT2D eigenvalue weighted by atomic mass is 16.1. The van der Waals surface area contributed by atoms with Gasteiger partial charge in [-0.3, -0.25) is 9.69 Å². The van der Waals surface area contributed by atoms with Crippen LogP contribution in [0.2, 0.25) is 0 Å². The van der Waals surface area contributed by atoms with Crippen molar-refractivity contribution in [3.05, 3.63) is 35.9 Å². The van der Waals surface area contributed by atoms with E-state index in [-0.39, 0.29) is 5.78 Å². The van der Waals surface area contributed by atoms with Gasteiger partial charge in [0.25, 0.3) is 0 Å². The Hall–Kier alpha value is -1.90. The van der Waals surface area contributed by atoms with E-state index >= 15 is 0 Å². The molecule has 2 rings (SSSR count). The molecule has 100 valence electrons. The van der Waals surface area contributed by atoms with Crippen LogP contribution in [-0.2, 0) is 0 Å². The van der Waals surface area contributed by atoms with Crippen molar-refractivity contribution in [1.82, 2.24) is 14.9 Å². The average molecular weight is 258 g/mol. The van der Waals surface area contributed by atoms with Gasteiger partial charge in [-0.25, -0.2) is 10.0 Å². The average Bonchev–Trinajstić information content (AvgIpc) is 2.48. The molecule has 0 radical (unpaired) electrons. The van der Waals surface area contributed by atoms with Gasteiger partial charge in [-0.2, -0.15) is 5.26 Å². The van der Waals surface area contributed by atoms with Crippen molar-refractivity contribution in [2.75, 3.05) is 39.8 Å². The van der Waals surface area contributed by atoms with Crippen LogP contribution in [0.5, 0.6) is 0 Å². The van der Waals surface area contributed by atoms with Crippen LogP contribution < -0.4 is 0 Å². The lowest BCUT2D eigenvalue weighted by molar-refractivity contribution is 0.00491. The maximum atomic E-state index is 12.1. The molecule has 0 bridgehead atoms. The topological polar surface area (TPSA) is 50.6 Å². The van der Waals surface area contributed by atoms with Crippen molar-refractivity contribution >= 4 is 5.78 Å². The smallest absolute Gasteiger partial charge is 0.195 e. The number of hydrogen-bond donors (Lipinski definition) is 0. The van der Waals surface area contributed by atoms with Crippen LogP contribution in [0.1, 0.15) is 10.4 Å². The normalized spacial score (nSPS) is 16.8. The molecule has 1 fully saturated rings. The fourth-order valence-corrected chi connectivity index (χ4v) is 2.18. The molecule has 1 saturated heterocycles. The van der Waals surface area contributed by atoms with Crippen LogP contribution in [0.25, 0.3) is 0 Å². The summed E-state index contributed by atoms with van der Waals surface area (Å²) in [6.07, 6.45) is 2.09. The van der Waals surface area contributed by atoms with Gasteiger partial charge < -0.3 is 0 Å². The number of rotatable bonds is 4. The van der Waals surface area contributed by atoms with E-state index in [4.69, 9.17) is 5.26 Å². The van der Waals surface area contributed by atoms with Crippen molar-refractivity contribution in [3.63, 3.8) is 0 Å². The van der Waals surface area contributed by atoms with Crippen LogP contribution in [0, 0.1) is 11.5 Å². The molecule has 0 amide bonds. The van der Waals surface area contributed by atoms with Crippen molar-refractivity contribution in [3.8, 4) is 6.19 Å². The zero-order chi connectivity index (χ0) is 13.7. The number of hydrazine groups is 1. The molecule has 0 saturated carbocycles.